The van der Waals surface area contributed by atoms with Gasteiger partial charge in [-0.25, -0.2) is 0 Å². The number of hydrogen-bond acceptors (Lipinski definition) is 6. The normalized spacial score (nSPS) is 24.5. The van der Waals surface area contributed by atoms with E-state index in [1.165, 1.54) is 36.6 Å². The van der Waals surface area contributed by atoms with Crippen molar-refractivity contribution < 1.29 is 14.3 Å². The first-order valence-electron chi connectivity index (χ1n) is 10.4. The zero-order chi connectivity index (χ0) is 19.3. The van der Waals surface area contributed by atoms with E-state index in [4.69, 9.17) is 4.74 Å². The summed E-state index contributed by atoms with van der Waals surface area (Å²) in [6, 6.07) is 0. The van der Waals surface area contributed by atoms with Gasteiger partial charge in [-0.1, -0.05) is 0 Å². The number of carbonyl (C=O) groups excluding carboxylic acids is 2. The lowest BCUT2D eigenvalue weighted by molar-refractivity contribution is -0.150. The van der Waals surface area contributed by atoms with Gasteiger partial charge in [-0.05, 0) is 50.6 Å². The third-order valence-corrected chi connectivity index (χ3v) is 5.90. The van der Waals surface area contributed by atoms with E-state index in [9.17, 15) is 9.59 Å². The molecular weight excluding hydrogens is 360 g/mol. The molecule has 1 N–H and O–H groups in total. The first-order valence-corrected chi connectivity index (χ1v) is 10.4. The summed E-state index contributed by atoms with van der Waals surface area (Å²) in [5, 5.41) is 10.7. The van der Waals surface area contributed by atoms with Crippen molar-refractivity contribution in [1.29, 1.82) is 0 Å². The molecule has 154 valence electrons. The quantitative estimate of drug-likeness (QED) is 0.658. The number of nitrogens with one attached hydrogen (secondary N) is 1. The number of rotatable bonds is 8. The number of likely N-dealkylation sites (tertiary alicyclic amines) is 1. The van der Waals surface area contributed by atoms with Gasteiger partial charge in [0.2, 0.25) is 11.8 Å². The molecule has 0 aromatic carbocycles. The highest BCUT2D eigenvalue weighted by atomic mass is 16.5. The topological polar surface area (TPSA) is 92.6 Å². The minimum Gasteiger partial charge on any atom is -0.365 e. The zero-order valence-corrected chi connectivity index (χ0v) is 16.3. The van der Waals surface area contributed by atoms with E-state index in [1.54, 1.807) is 0 Å². The highest BCUT2D eigenvalue weighted by Crippen LogP contribution is 2.31. The Bertz CT molecular complexity index is 655. The molecule has 1 aliphatic carbocycles. The number of carbonyl (C=O) groups is 2. The summed E-state index contributed by atoms with van der Waals surface area (Å²) in [6.07, 6.45) is 8.04. The Morgan fingerprint density at radius 2 is 1.82 bits per heavy atom. The molecule has 2 aliphatic heterocycles. The molecule has 1 atom stereocenters. The van der Waals surface area contributed by atoms with Gasteiger partial charge in [0.25, 0.3) is 0 Å². The third kappa shape index (κ3) is 5.51. The SMILES string of the molecule is O=C(Cn1nccn1)NCC1CN(CC2CCN(CC3CC3)CC2)C(=O)CO1. The molecule has 1 saturated carbocycles. The molecule has 0 spiro atoms. The Labute approximate surface area is 165 Å². The third-order valence-electron chi connectivity index (χ3n) is 5.90. The molecule has 0 bridgehead atoms. The van der Waals surface area contributed by atoms with E-state index in [0.717, 1.165) is 38.4 Å². The van der Waals surface area contributed by atoms with Crippen LogP contribution in [-0.4, -0.2) is 88.6 Å². The van der Waals surface area contributed by atoms with Crippen LogP contribution in [-0.2, 0) is 20.9 Å². The molecule has 0 radical (unpaired) electrons. The molecule has 1 aromatic rings. The fourth-order valence-electron chi connectivity index (χ4n) is 4.05. The minimum atomic E-state index is -0.165. The van der Waals surface area contributed by atoms with Crippen LogP contribution in [0.3, 0.4) is 0 Å². The summed E-state index contributed by atoms with van der Waals surface area (Å²) in [4.78, 5) is 30.1. The Morgan fingerprint density at radius 1 is 1.11 bits per heavy atom. The van der Waals surface area contributed by atoms with Crippen LogP contribution in [0.2, 0.25) is 0 Å². The van der Waals surface area contributed by atoms with Crippen LogP contribution in [0.4, 0.5) is 0 Å². The van der Waals surface area contributed by atoms with Crippen molar-refractivity contribution in [3.8, 4) is 0 Å². The summed E-state index contributed by atoms with van der Waals surface area (Å²) in [7, 11) is 0. The summed E-state index contributed by atoms with van der Waals surface area (Å²) in [5.74, 6) is 1.41. The molecule has 1 aromatic heterocycles. The van der Waals surface area contributed by atoms with Crippen LogP contribution in [0.25, 0.3) is 0 Å². The Morgan fingerprint density at radius 3 is 2.54 bits per heavy atom. The second-order valence-electron chi connectivity index (χ2n) is 8.28. The molecule has 4 rings (SSSR count). The molecule has 2 saturated heterocycles. The first kappa shape index (κ1) is 19.3. The lowest BCUT2D eigenvalue weighted by Gasteiger charge is -2.38. The number of piperidine rings is 1. The van der Waals surface area contributed by atoms with Crippen LogP contribution >= 0.6 is 0 Å². The standard InChI is InChI=1S/C19H30N6O3/c26-18(13-25-21-5-6-22-25)20-9-17-12-24(19(27)14-28-17)11-16-3-7-23(8-4-16)10-15-1-2-15/h5-6,15-17H,1-4,7-14H2,(H,20,26). The first-order chi connectivity index (χ1) is 13.7. The Hall–Kier alpha value is -2.00. The van der Waals surface area contributed by atoms with Gasteiger partial charge in [-0.2, -0.15) is 15.0 Å². The molecular formula is C19H30N6O3. The fourth-order valence-corrected chi connectivity index (χ4v) is 4.05. The van der Waals surface area contributed by atoms with E-state index >= 15 is 0 Å². The van der Waals surface area contributed by atoms with Crippen LogP contribution in [0.15, 0.2) is 12.4 Å². The van der Waals surface area contributed by atoms with Crippen molar-refractivity contribution >= 4 is 11.8 Å². The monoisotopic (exact) mass is 390 g/mol. The van der Waals surface area contributed by atoms with Gasteiger partial charge < -0.3 is 19.9 Å². The van der Waals surface area contributed by atoms with Crippen molar-refractivity contribution in [3.05, 3.63) is 12.4 Å². The van der Waals surface area contributed by atoms with Crippen LogP contribution in [0.1, 0.15) is 25.7 Å². The maximum atomic E-state index is 12.3. The van der Waals surface area contributed by atoms with Gasteiger partial charge in [-0.15, -0.1) is 0 Å². The lowest BCUT2D eigenvalue weighted by atomic mass is 9.95. The van der Waals surface area contributed by atoms with Gasteiger partial charge in [0.1, 0.15) is 13.2 Å². The molecule has 3 fully saturated rings. The predicted octanol–water partition coefficient (Wildman–Crippen LogP) is -0.256. The minimum absolute atomic E-state index is 0.0590. The maximum Gasteiger partial charge on any atom is 0.248 e. The summed E-state index contributed by atoms with van der Waals surface area (Å²) in [5.41, 5.74) is 0. The smallest absolute Gasteiger partial charge is 0.248 e. The van der Waals surface area contributed by atoms with E-state index in [0.29, 0.717) is 19.0 Å². The molecule has 3 heterocycles. The Kier molecular flexibility index (Phi) is 6.21. The van der Waals surface area contributed by atoms with Crippen molar-refractivity contribution in [2.75, 3.05) is 45.9 Å². The van der Waals surface area contributed by atoms with E-state index in [1.807, 2.05) is 4.90 Å². The van der Waals surface area contributed by atoms with Gasteiger partial charge in [0.15, 0.2) is 0 Å². The lowest BCUT2D eigenvalue weighted by Crippen LogP contribution is -2.52. The second-order valence-corrected chi connectivity index (χ2v) is 8.28. The van der Waals surface area contributed by atoms with Crippen molar-refractivity contribution in [2.24, 2.45) is 11.8 Å². The van der Waals surface area contributed by atoms with Crippen molar-refractivity contribution in [1.82, 2.24) is 30.1 Å². The van der Waals surface area contributed by atoms with Crippen LogP contribution in [0.5, 0.6) is 0 Å². The highest BCUT2D eigenvalue weighted by molar-refractivity contribution is 5.78. The van der Waals surface area contributed by atoms with Crippen molar-refractivity contribution in [3.63, 3.8) is 0 Å². The highest BCUT2D eigenvalue weighted by Gasteiger charge is 2.31. The van der Waals surface area contributed by atoms with Gasteiger partial charge in [-0.3, -0.25) is 9.59 Å². The van der Waals surface area contributed by atoms with Gasteiger partial charge >= 0.3 is 0 Å². The molecule has 3 aliphatic rings. The maximum absolute atomic E-state index is 12.3. The zero-order valence-electron chi connectivity index (χ0n) is 16.3. The average molecular weight is 390 g/mol. The van der Waals surface area contributed by atoms with Crippen LogP contribution < -0.4 is 5.32 Å². The van der Waals surface area contributed by atoms with Crippen molar-refractivity contribution in [2.45, 2.75) is 38.3 Å². The Balaban J connectivity index is 1.18. The summed E-state index contributed by atoms with van der Waals surface area (Å²) < 4.78 is 5.61. The van der Waals surface area contributed by atoms with Crippen LogP contribution in [0, 0.1) is 11.8 Å². The van der Waals surface area contributed by atoms with E-state index < -0.39 is 0 Å². The summed E-state index contributed by atoms with van der Waals surface area (Å²) >= 11 is 0. The van der Waals surface area contributed by atoms with Gasteiger partial charge in [0.05, 0.1) is 18.5 Å². The predicted molar refractivity (Wildman–Crippen MR) is 101 cm³/mol. The number of aromatic nitrogens is 3. The molecule has 28 heavy (non-hydrogen) atoms. The number of hydrogen-bond donors (Lipinski definition) is 1. The molecule has 9 nitrogen and oxygen atoms in total. The second kappa shape index (κ2) is 9.00. The number of amides is 2. The molecule has 1 unspecified atom stereocenters. The molecule has 2 amide bonds. The molecule has 9 heteroatoms. The number of nitrogens with zero attached hydrogens (tertiary/aromatic N) is 5. The number of ether oxygens (including phenoxy) is 1. The average Bonchev–Trinajstić information content (AvgIpc) is 3.36. The van der Waals surface area contributed by atoms with Gasteiger partial charge in [0, 0.05) is 26.2 Å². The van der Waals surface area contributed by atoms with E-state index in [-0.39, 0.29) is 31.1 Å². The van der Waals surface area contributed by atoms with E-state index in [2.05, 4.69) is 20.4 Å². The number of morpholine rings is 1. The largest absolute Gasteiger partial charge is 0.365 e. The fraction of sp³-hybridized carbons (Fsp3) is 0.789. The summed E-state index contributed by atoms with van der Waals surface area (Å²) in [6.45, 7) is 5.50.